The number of H-pyrrole nitrogens is 1. The van der Waals surface area contributed by atoms with E-state index in [1.807, 2.05) is 0 Å². The highest BCUT2D eigenvalue weighted by molar-refractivity contribution is 6.02. The first-order chi connectivity index (χ1) is 8.99. The topological polar surface area (TPSA) is 153 Å². The monoisotopic (exact) mass is 260 g/mol. The molecule has 0 aliphatic heterocycles. The zero-order valence-corrected chi connectivity index (χ0v) is 9.81. The minimum Gasteiger partial charge on any atom is -0.383 e. The molecule has 0 aliphatic rings. The Kier molecular flexibility index (Phi) is 3.06. The molecule has 0 unspecified atom stereocenters. The Balaban J connectivity index is 2.26. The molecule has 0 fully saturated rings. The number of rotatable bonds is 4. The Morgan fingerprint density at radius 3 is 2.26 bits per heavy atom. The third-order valence-corrected chi connectivity index (χ3v) is 2.47. The summed E-state index contributed by atoms with van der Waals surface area (Å²) in [6.07, 6.45) is 0. The Morgan fingerprint density at radius 1 is 1.11 bits per heavy atom. The van der Waals surface area contributed by atoms with Gasteiger partial charge in [-0.25, -0.2) is 0 Å². The predicted octanol–water partition coefficient (Wildman–Crippen LogP) is -0.0667. The summed E-state index contributed by atoms with van der Waals surface area (Å²) in [6, 6.07) is 6.33. The zero-order chi connectivity index (χ0) is 14.0. The standard InChI is InChI=1S/C11H12N6O2/c12-8-7(10(14)19)11(17-16-8)15-6-3-1-5(2-4-6)9(13)18/h1-4H,(H2,13,18)(H2,14,19)(H4,12,15,16,17). The number of nitrogens with two attached hydrogens (primary N) is 3. The van der Waals surface area contributed by atoms with E-state index in [2.05, 4.69) is 15.5 Å². The van der Waals surface area contributed by atoms with E-state index in [1.54, 1.807) is 24.3 Å². The second-order valence-electron chi connectivity index (χ2n) is 3.79. The van der Waals surface area contributed by atoms with Crippen molar-refractivity contribution < 1.29 is 9.59 Å². The van der Waals surface area contributed by atoms with Crippen LogP contribution in [-0.2, 0) is 0 Å². The van der Waals surface area contributed by atoms with Crippen molar-refractivity contribution in [2.45, 2.75) is 0 Å². The number of carbonyl (C=O) groups is 2. The molecule has 2 aromatic rings. The Bertz CT molecular complexity index is 631. The minimum absolute atomic E-state index is 0.0824. The van der Waals surface area contributed by atoms with Crippen molar-refractivity contribution in [1.82, 2.24) is 10.2 Å². The second kappa shape index (κ2) is 4.69. The van der Waals surface area contributed by atoms with Gasteiger partial charge in [-0.15, -0.1) is 0 Å². The summed E-state index contributed by atoms with van der Waals surface area (Å²) >= 11 is 0. The molecule has 19 heavy (non-hydrogen) atoms. The summed E-state index contributed by atoms with van der Waals surface area (Å²) in [6.45, 7) is 0. The molecule has 2 amide bonds. The third kappa shape index (κ3) is 2.46. The highest BCUT2D eigenvalue weighted by atomic mass is 16.1. The molecule has 1 aromatic heterocycles. The lowest BCUT2D eigenvalue weighted by molar-refractivity contribution is 0.0992. The number of aromatic nitrogens is 2. The molecule has 1 heterocycles. The van der Waals surface area contributed by atoms with Gasteiger partial charge in [0, 0.05) is 11.3 Å². The number of hydrogen-bond donors (Lipinski definition) is 5. The van der Waals surface area contributed by atoms with Crippen LogP contribution < -0.4 is 22.5 Å². The molecule has 8 nitrogen and oxygen atoms in total. The largest absolute Gasteiger partial charge is 0.383 e. The molecule has 98 valence electrons. The van der Waals surface area contributed by atoms with E-state index in [0.29, 0.717) is 11.3 Å². The number of nitrogens with one attached hydrogen (secondary N) is 2. The van der Waals surface area contributed by atoms with Crippen molar-refractivity contribution in [2.75, 3.05) is 11.1 Å². The van der Waals surface area contributed by atoms with Crippen molar-refractivity contribution in [3.8, 4) is 0 Å². The first kappa shape index (κ1) is 12.4. The highest BCUT2D eigenvalue weighted by Gasteiger charge is 2.16. The lowest BCUT2D eigenvalue weighted by Gasteiger charge is -2.05. The summed E-state index contributed by atoms with van der Waals surface area (Å²) in [7, 11) is 0. The van der Waals surface area contributed by atoms with Crippen LogP contribution in [0.15, 0.2) is 24.3 Å². The smallest absolute Gasteiger partial charge is 0.256 e. The molecule has 8 N–H and O–H groups in total. The summed E-state index contributed by atoms with van der Waals surface area (Å²) in [4.78, 5) is 22.1. The Morgan fingerprint density at radius 2 is 1.74 bits per heavy atom. The molecule has 0 aliphatic carbocycles. The molecule has 2 rings (SSSR count). The number of carbonyl (C=O) groups excluding carboxylic acids is 2. The number of amides is 2. The van der Waals surface area contributed by atoms with Gasteiger partial charge in [-0.2, -0.15) is 5.10 Å². The fourth-order valence-electron chi connectivity index (χ4n) is 1.55. The highest BCUT2D eigenvalue weighted by Crippen LogP contribution is 2.22. The van der Waals surface area contributed by atoms with Gasteiger partial charge in [0.05, 0.1) is 0 Å². The number of aromatic amines is 1. The molecule has 8 heteroatoms. The maximum absolute atomic E-state index is 11.2. The van der Waals surface area contributed by atoms with E-state index >= 15 is 0 Å². The number of primary amides is 2. The van der Waals surface area contributed by atoms with E-state index in [0.717, 1.165) is 0 Å². The van der Waals surface area contributed by atoms with E-state index in [9.17, 15) is 9.59 Å². The molecule has 0 saturated carbocycles. The van der Waals surface area contributed by atoms with Crippen LogP contribution in [0.4, 0.5) is 17.3 Å². The lowest BCUT2D eigenvalue weighted by Crippen LogP contribution is -2.14. The van der Waals surface area contributed by atoms with Crippen molar-refractivity contribution in [1.29, 1.82) is 0 Å². The first-order valence-electron chi connectivity index (χ1n) is 5.29. The molecular formula is C11H12N6O2. The molecule has 0 radical (unpaired) electrons. The quantitative estimate of drug-likeness (QED) is 0.521. The van der Waals surface area contributed by atoms with Gasteiger partial charge in [-0.3, -0.25) is 14.7 Å². The van der Waals surface area contributed by atoms with Crippen LogP contribution in [-0.4, -0.2) is 22.0 Å². The van der Waals surface area contributed by atoms with E-state index in [4.69, 9.17) is 17.2 Å². The summed E-state index contributed by atoms with van der Waals surface area (Å²) < 4.78 is 0. The van der Waals surface area contributed by atoms with Crippen LogP contribution in [0.3, 0.4) is 0 Å². The van der Waals surface area contributed by atoms with Crippen molar-refractivity contribution in [3.05, 3.63) is 35.4 Å². The minimum atomic E-state index is -0.692. The van der Waals surface area contributed by atoms with Gasteiger partial charge >= 0.3 is 0 Å². The van der Waals surface area contributed by atoms with Gasteiger partial charge in [0.1, 0.15) is 11.4 Å². The average Bonchev–Trinajstić information content (AvgIpc) is 2.71. The zero-order valence-electron chi connectivity index (χ0n) is 9.81. The Labute approximate surface area is 108 Å². The summed E-state index contributed by atoms with van der Waals surface area (Å²) in [5.74, 6) is -0.906. The fourth-order valence-corrected chi connectivity index (χ4v) is 1.55. The van der Waals surface area contributed by atoms with Crippen molar-refractivity contribution in [3.63, 3.8) is 0 Å². The fraction of sp³-hybridized carbons (Fsp3) is 0. The van der Waals surface area contributed by atoms with E-state index < -0.39 is 11.8 Å². The lowest BCUT2D eigenvalue weighted by atomic mass is 10.2. The number of benzene rings is 1. The first-order valence-corrected chi connectivity index (χ1v) is 5.29. The molecule has 1 aromatic carbocycles. The van der Waals surface area contributed by atoms with E-state index in [1.165, 1.54) is 0 Å². The number of anilines is 3. The van der Waals surface area contributed by atoms with Crippen LogP contribution in [0.2, 0.25) is 0 Å². The van der Waals surface area contributed by atoms with Gasteiger partial charge in [0.15, 0.2) is 5.82 Å². The average molecular weight is 260 g/mol. The molecular weight excluding hydrogens is 248 g/mol. The van der Waals surface area contributed by atoms with Gasteiger partial charge in [0.25, 0.3) is 5.91 Å². The molecule has 0 saturated heterocycles. The Hall–Kier alpha value is -3.03. The second-order valence-corrected chi connectivity index (χ2v) is 3.79. The maximum Gasteiger partial charge on any atom is 0.256 e. The normalized spacial score (nSPS) is 10.1. The number of hydrogen-bond acceptors (Lipinski definition) is 5. The van der Waals surface area contributed by atoms with Gasteiger partial charge < -0.3 is 22.5 Å². The van der Waals surface area contributed by atoms with Crippen LogP contribution >= 0.6 is 0 Å². The molecule has 0 bridgehead atoms. The molecule has 0 spiro atoms. The van der Waals surface area contributed by atoms with Crippen LogP contribution in [0.25, 0.3) is 0 Å². The van der Waals surface area contributed by atoms with Crippen molar-refractivity contribution in [2.24, 2.45) is 11.5 Å². The maximum atomic E-state index is 11.2. The number of nitrogen functional groups attached to an aromatic ring is 1. The third-order valence-electron chi connectivity index (χ3n) is 2.47. The van der Waals surface area contributed by atoms with Gasteiger partial charge in [-0.1, -0.05) is 0 Å². The van der Waals surface area contributed by atoms with E-state index in [-0.39, 0.29) is 17.2 Å². The summed E-state index contributed by atoms with van der Waals surface area (Å²) in [5, 5.41) is 9.16. The van der Waals surface area contributed by atoms with Crippen molar-refractivity contribution >= 4 is 29.1 Å². The van der Waals surface area contributed by atoms with Gasteiger partial charge in [0.2, 0.25) is 5.91 Å². The molecule has 0 atom stereocenters. The SMILES string of the molecule is NC(=O)c1ccc(Nc2n[nH]c(N)c2C(N)=O)cc1. The van der Waals surface area contributed by atoms with Crippen LogP contribution in [0.5, 0.6) is 0 Å². The summed E-state index contributed by atoms with van der Waals surface area (Å²) in [5.41, 5.74) is 16.9. The van der Waals surface area contributed by atoms with Crippen LogP contribution in [0, 0.1) is 0 Å². The predicted molar refractivity (Wildman–Crippen MR) is 69.8 cm³/mol. The van der Waals surface area contributed by atoms with Gasteiger partial charge in [-0.05, 0) is 24.3 Å². The number of nitrogens with zero attached hydrogens (tertiary/aromatic N) is 1. The van der Waals surface area contributed by atoms with Crippen LogP contribution in [0.1, 0.15) is 20.7 Å².